The van der Waals surface area contributed by atoms with Crippen LogP contribution in [-0.2, 0) is 6.54 Å². The lowest BCUT2D eigenvalue weighted by Gasteiger charge is -2.26. The zero-order valence-corrected chi connectivity index (χ0v) is 10.4. The van der Waals surface area contributed by atoms with E-state index in [1.54, 1.807) is 6.20 Å². The van der Waals surface area contributed by atoms with Gasteiger partial charge in [0.25, 0.3) is 0 Å². The lowest BCUT2D eigenvalue weighted by atomic mass is 9.93. The minimum Gasteiger partial charge on any atom is -0.393 e. The summed E-state index contributed by atoms with van der Waals surface area (Å²) in [4.78, 5) is 7.48. The van der Waals surface area contributed by atoms with E-state index in [0.717, 1.165) is 37.9 Å². The number of nitrogens with one attached hydrogen (secondary N) is 2. The molecule has 4 nitrogen and oxygen atoms in total. The molecule has 0 bridgehead atoms. The summed E-state index contributed by atoms with van der Waals surface area (Å²) in [6.07, 6.45) is 7.74. The van der Waals surface area contributed by atoms with Gasteiger partial charge in [-0.15, -0.1) is 0 Å². The van der Waals surface area contributed by atoms with E-state index in [1.807, 2.05) is 12.3 Å². The number of aliphatic hydroxyl groups excluding tert-OH is 1. The number of aromatic nitrogens is 2. The molecule has 3 N–H and O–H groups in total. The molecule has 0 radical (unpaired) electrons. The number of pyridine rings is 1. The molecule has 0 aromatic carbocycles. The van der Waals surface area contributed by atoms with E-state index in [-0.39, 0.29) is 6.10 Å². The first-order chi connectivity index (χ1) is 8.83. The summed E-state index contributed by atoms with van der Waals surface area (Å²) >= 11 is 0. The molecule has 1 saturated carbocycles. The second kappa shape index (κ2) is 5.08. The van der Waals surface area contributed by atoms with Crippen molar-refractivity contribution in [1.82, 2.24) is 15.3 Å². The minimum atomic E-state index is -0.0830. The average molecular weight is 245 g/mol. The highest BCUT2D eigenvalue weighted by Gasteiger charge is 2.18. The SMILES string of the molecule is OC1CCC(NCc2c[nH]c3ncccc23)CC1. The summed E-state index contributed by atoms with van der Waals surface area (Å²) in [6, 6.07) is 4.60. The highest BCUT2D eigenvalue weighted by molar-refractivity contribution is 5.79. The van der Waals surface area contributed by atoms with E-state index >= 15 is 0 Å². The summed E-state index contributed by atoms with van der Waals surface area (Å²) in [5, 5.41) is 14.3. The summed E-state index contributed by atoms with van der Waals surface area (Å²) < 4.78 is 0. The Morgan fingerprint density at radius 3 is 3.00 bits per heavy atom. The molecule has 0 spiro atoms. The smallest absolute Gasteiger partial charge is 0.137 e. The van der Waals surface area contributed by atoms with Crippen LogP contribution in [0, 0.1) is 0 Å². The molecule has 0 saturated heterocycles. The van der Waals surface area contributed by atoms with Crippen LogP contribution >= 0.6 is 0 Å². The highest BCUT2D eigenvalue weighted by atomic mass is 16.3. The molecule has 0 unspecified atom stereocenters. The Bertz CT molecular complexity index is 514. The molecule has 2 aromatic rings. The zero-order valence-electron chi connectivity index (χ0n) is 10.4. The van der Waals surface area contributed by atoms with Crippen molar-refractivity contribution in [2.24, 2.45) is 0 Å². The van der Waals surface area contributed by atoms with E-state index in [1.165, 1.54) is 10.9 Å². The van der Waals surface area contributed by atoms with Gasteiger partial charge >= 0.3 is 0 Å². The summed E-state index contributed by atoms with van der Waals surface area (Å²) in [6.45, 7) is 0.868. The number of aromatic amines is 1. The third kappa shape index (κ3) is 2.40. The van der Waals surface area contributed by atoms with Gasteiger partial charge in [-0.25, -0.2) is 4.98 Å². The third-order valence-corrected chi connectivity index (χ3v) is 3.81. The quantitative estimate of drug-likeness (QED) is 0.774. The second-order valence-corrected chi connectivity index (χ2v) is 5.10. The molecule has 2 heterocycles. The molecule has 4 heteroatoms. The third-order valence-electron chi connectivity index (χ3n) is 3.81. The fourth-order valence-electron chi connectivity index (χ4n) is 2.69. The molecular formula is C14H19N3O. The van der Waals surface area contributed by atoms with Crippen LogP contribution < -0.4 is 5.32 Å². The Kier molecular flexibility index (Phi) is 3.30. The van der Waals surface area contributed by atoms with Crippen molar-refractivity contribution in [3.05, 3.63) is 30.1 Å². The number of H-pyrrole nitrogens is 1. The van der Waals surface area contributed by atoms with Crippen LogP contribution in [0.2, 0.25) is 0 Å². The van der Waals surface area contributed by atoms with Crippen LogP contribution in [-0.4, -0.2) is 27.2 Å². The maximum Gasteiger partial charge on any atom is 0.137 e. The number of nitrogens with zero attached hydrogens (tertiary/aromatic N) is 1. The highest BCUT2D eigenvalue weighted by Crippen LogP contribution is 2.20. The Labute approximate surface area is 106 Å². The molecule has 96 valence electrons. The molecular weight excluding hydrogens is 226 g/mol. The standard InChI is InChI=1S/C14H19N3O/c18-12-5-3-11(4-6-12)16-8-10-9-17-14-13(10)2-1-7-15-14/h1-2,7,9,11-12,16,18H,3-6,8H2,(H,15,17). The van der Waals surface area contributed by atoms with Gasteiger partial charge < -0.3 is 15.4 Å². The topological polar surface area (TPSA) is 60.9 Å². The maximum absolute atomic E-state index is 9.48. The zero-order chi connectivity index (χ0) is 12.4. The molecule has 18 heavy (non-hydrogen) atoms. The monoisotopic (exact) mass is 245 g/mol. The van der Waals surface area contributed by atoms with Crippen LogP contribution in [0.25, 0.3) is 11.0 Å². The van der Waals surface area contributed by atoms with E-state index in [9.17, 15) is 5.11 Å². The number of hydrogen-bond donors (Lipinski definition) is 3. The molecule has 1 fully saturated rings. The van der Waals surface area contributed by atoms with Gasteiger partial charge in [-0.2, -0.15) is 0 Å². The van der Waals surface area contributed by atoms with Crippen molar-refractivity contribution in [3.63, 3.8) is 0 Å². The van der Waals surface area contributed by atoms with Crippen LogP contribution in [0.3, 0.4) is 0 Å². The van der Waals surface area contributed by atoms with Gasteiger partial charge in [0.15, 0.2) is 0 Å². The van der Waals surface area contributed by atoms with Gasteiger partial charge in [0.2, 0.25) is 0 Å². The van der Waals surface area contributed by atoms with Crippen LogP contribution in [0.15, 0.2) is 24.5 Å². The summed E-state index contributed by atoms with van der Waals surface area (Å²) in [5.41, 5.74) is 2.22. The Hall–Kier alpha value is -1.39. The lowest BCUT2D eigenvalue weighted by molar-refractivity contribution is 0.116. The first kappa shape index (κ1) is 11.7. The van der Waals surface area contributed by atoms with E-state index in [0.29, 0.717) is 6.04 Å². The summed E-state index contributed by atoms with van der Waals surface area (Å²) in [7, 11) is 0. The minimum absolute atomic E-state index is 0.0830. The first-order valence-corrected chi connectivity index (χ1v) is 6.65. The molecule has 2 aromatic heterocycles. The van der Waals surface area contributed by atoms with Crippen molar-refractivity contribution >= 4 is 11.0 Å². The van der Waals surface area contributed by atoms with Crippen molar-refractivity contribution < 1.29 is 5.11 Å². The number of hydrogen-bond acceptors (Lipinski definition) is 3. The van der Waals surface area contributed by atoms with Gasteiger partial charge in [-0.3, -0.25) is 0 Å². The van der Waals surface area contributed by atoms with E-state index in [2.05, 4.69) is 21.4 Å². The number of fused-ring (bicyclic) bond motifs is 1. The molecule has 0 aliphatic heterocycles. The summed E-state index contributed by atoms with van der Waals surface area (Å²) in [5.74, 6) is 0. The predicted octanol–water partition coefficient (Wildman–Crippen LogP) is 1.96. The molecule has 1 aliphatic carbocycles. The Morgan fingerprint density at radius 2 is 2.17 bits per heavy atom. The fourth-order valence-corrected chi connectivity index (χ4v) is 2.69. The van der Waals surface area contributed by atoms with Crippen molar-refractivity contribution in [2.45, 2.75) is 44.4 Å². The second-order valence-electron chi connectivity index (χ2n) is 5.10. The van der Waals surface area contributed by atoms with Crippen LogP contribution in [0.1, 0.15) is 31.2 Å². The largest absolute Gasteiger partial charge is 0.393 e. The Balaban J connectivity index is 1.63. The molecule has 0 atom stereocenters. The van der Waals surface area contributed by atoms with Gasteiger partial charge in [0, 0.05) is 30.4 Å². The van der Waals surface area contributed by atoms with Gasteiger partial charge in [0.1, 0.15) is 5.65 Å². The first-order valence-electron chi connectivity index (χ1n) is 6.65. The normalized spacial score (nSPS) is 24.5. The van der Waals surface area contributed by atoms with Crippen LogP contribution in [0.5, 0.6) is 0 Å². The molecule has 0 amide bonds. The number of rotatable bonds is 3. The Morgan fingerprint density at radius 1 is 1.33 bits per heavy atom. The van der Waals surface area contributed by atoms with Gasteiger partial charge in [-0.1, -0.05) is 0 Å². The molecule has 3 rings (SSSR count). The van der Waals surface area contributed by atoms with Crippen molar-refractivity contribution in [2.75, 3.05) is 0 Å². The van der Waals surface area contributed by atoms with Crippen molar-refractivity contribution in [3.8, 4) is 0 Å². The fraction of sp³-hybridized carbons (Fsp3) is 0.500. The number of aliphatic hydroxyl groups is 1. The van der Waals surface area contributed by atoms with E-state index in [4.69, 9.17) is 0 Å². The lowest BCUT2D eigenvalue weighted by Crippen LogP contribution is -2.34. The van der Waals surface area contributed by atoms with Crippen molar-refractivity contribution in [1.29, 1.82) is 0 Å². The molecule has 1 aliphatic rings. The van der Waals surface area contributed by atoms with E-state index < -0.39 is 0 Å². The van der Waals surface area contributed by atoms with Gasteiger partial charge in [0.05, 0.1) is 6.10 Å². The van der Waals surface area contributed by atoms with Crippen LogP contribution in [0.4, 0.5) is 0 Å². The van der Waals surface area contributed by atoms with Gasteiger partial charge in [-0.05, 0) is 43.4 Å². The predicted molar refractivity (Wildman–Crippen MR) is 71.2 cm³/mol. The maximum atomic E-state index is 9.48. The average Bonchev–Trinajstić information content (AvgIpc) is 2.82.